The molecule has 2 N–H and O–H groups in total. The molecule has 2 aliphatic heterocycles. The smallest absolute Gasteiger partial charge is 0.0711 e. The Morgan fingerprint density at radius 1 is 1.20 bits per heavy atom. The minimum Gasteiger partial charge on any atom is -0.391 e. The first-order valence-electron chi connectivity index (χ1n) is 9.35. The Labute approximate surface area is 153 Å². The number of nitrogens with zero attached hydrogens (tertiary/aromatic N) is 3. The molecule has 0 aliphatic carbocycles. The first-order chi connectivity index (χ1) is 12.2. The Morgan fingerprint density at radius 2 is 2.04 bits per heavy atom. The topological polar surface area (TPSA) is 55.4 Å². The number of aromatic nitrogens is 2. The van der Waals surface area contributed by atoms with E-state index in [1.807, 2.05) is 18.3 Å². The van der Waals surface area contributed by atoms with E-state index >= 15 is 0 Å². The molecule has 5 nitrogen and oxygen atoms in total. The van der Waals surface area contributed by atoms with Crippen molar-refractivity contribution in [3.63, 3.8) is 0 Å². The Balaban J connectivity index is 1.30. The lowest BCUT2D eigenvalue weighted by Gasteiger charge is -2.14. The van der Waals surface area contributed by atoms with E-state index in [0.717, 1.165) is 44.0 Å². The van der Waals surface area contributed by atoms with E-state index in [-0.39, 0.29) is 12.0 Å². The zero-order chi connectivity index (χ0) is 17.2. The van der Waals surface area contributed by atoms with Crippen LogP contribution in [0.5, 0.6) is 0 Å². The van der Waals surface area contributed by atoms with Crippen molar-refractivity contribution in [1.82, 2.24) is 20.0 Å². The van der Waals surface area contributed by atoms with Gasteiger partial charge in [0.25, 0.3) is 0 Å². The average molecular weight is 361 g/mol. The summed E-state index contributed by atoms with van der Waals surface area (Å²) in [5, 5.41) is 20.0. The van der Waals surface area contributed by atoms with Gasteiger partial charge in [-0.05, 0) is 62.4 Å². The van der Waals surface area contributed by atoms with Crippen molar-refractivity contribution in [3.8, 4) is 0 Å². The zero-order valence-corrected chi connectivity index (χ0v) is 15.8. The number of hydrogen-bond donors (Lipinski definition) is 2. The quantitative estimate of drug-likeness (QED) is 0.831. The number of β-amino-alcohol motifs (C(OH)–C–C–N with tert-alkyl or cyclic N) is 1. The molecule has 2 aliphatic rings. The van der Waals surface area contributed by atoms with Gasteiger partial charge in [0.1, 0.15) is 0 Å². The molecule has 4 heterocycles. The van der Waals surface area contributed by atoms with Gasteiger partial charge in [-0.25, -0.2) is 0 Å². The van der Waals surface area contributed by atoms with Gasteiger partial charge in [-0.15, -0.1) is 11.3 Å². The largest absolute Gasteiger partial charge is 0.391 e. The lowest BCUT2D eigenvalue weighted by Crippen LogP contribution is -2.21. The van der Waals surface area contributed by atoms with Gasteiger partial charge in [-0.3, -0.25) is 14.9 Å². The summed E-state index contributed by atoms with van der Waals surface area (Å²) in [5.41, 5.74) is 3.60. The molecular weight excluding hydrogens is 332 g/mol. The van der Waals surface area contributed by atoms with Crippen LogP contribution in [0.2, 0.25) is 0 Å². The summed E-state index contributed by atoms with van der Waals surface area (Å²) in [5.74, 6) is 0.284. The number of rotatable bonds is 6. The minimum atomic E-state index is -0.249. The molecule has 0 saturated carbocycles. The number of likely N-dealkylation sites (tertiary alicyclic amines) is 2. The second-order valence-electron chi connectivity index (χ2n) is 7.67. The fraction of sp³-hybridized carbons (Fsp3) is 0.632. The highest BCUT2D eigenvalue weighted by Gasteiger charge is 2.32. The lowest BCUT2D eigenvalue weighted by atomic mass is 10.0. The van der Waals surface area contributed by atoms with E-state index in [4.69, 9.17) is 0 Å². The molecule has 0 unspecified atom stereocenters. The number of aryl methyl sites for hydroxylation is 1. The summed E-state index contributed by atoms with van der Waals surface area (Å²) in [7, 11) is 0. The number of hydrogen-bond acceptors (Lipinski definition) is 5. The Bertz CT molecular complexity index is 691. The van der Waals surface area contributed by atoms with Crippen LogP contribution in [0.3, 0.4) is 0 Å². The van der Waals surface area contributed by atoms with E-state index in [1.54, 1.807) is 0 Å². The fourth-order valence-electron chi connectivity index (χ4n) is 4.13. The highest BCUT2D eigenvalue weighted by atomic mass is 32.1. The van der Waals surface area contributed by atoms with E-state index in [0.29, 0.717) is 0 Å². The van der Waals surface area contributed by atoms with Gasteiger partial charge in [0, 0.05) is 42.7 Å². The molecule has 0 aromatic carbocycles. The molecule has 2 saturated heterocycles. The first kappa shape index (κ1) is 17.2. The summed E-state index contributed by atoms with van der Waals surface area (Å²) in [4.78, 5) is 6.35. The van der Waals surface area contributed by atoms with E-state index in [2.05, 4.69) is 37.5 Å². The van der Waals surface area contributed by atoms with Crippen molar-refractivity contribution >= 4 is 11.3 Å². The molecule has 2 atom stereocenters. The molecule has 136 valence electrons. The van der Waals surface area contributed by atoms with Crippen molar-refractivity contribution < 1.29 is 5.11 Å². The molecule has 0 spiro atoms. The van der Waals surface area contributed by atoms with Gasteiger partial charge in [0.2, 0.25) is 0 Å². The highest BCUT2D eigenvalue weighted by molar-refractivity contribution is 7.10. The molecule has 0 bridgehead atoms. The second kappa shape index (κ2) is 7.58. The monoisotopic (exact) mass is 360 g/mol. The summed E-state index contributed by atoms with van der Waals surface area (Å²) in [6, 6.07) is 4.44. The zero-order valence-electron chi connectivity index (χ0n) is 14.9. The van der Waals surface area contributed by atoms with Crippen molar-refractivity contribution in [2.24, 2.45) is 5.92 Å². The summed E-state index contributed by atoms with van der Waals surface area (Å²) < 4.78 is 0. The maximum absolute atomic E-state index is 10.4. The van der Waals surface area contributed by atoms with Crippen molar-refractivity contribution in [1.29, 1.82) is 0 Å². The fourth-order valence-corrected chi connectivity index (χ4v) is 5.05. The van der Waals surface area contributed by atoms with Gasteiger partial charge in [-0.1, -0.05) is 0 Å². The number of thiophene rings is 1. The molecular formula is C19H28N4OS. The second-order valence-corrected chi connectivity index (χ2v) is 8.67. The number of H-pyrrole nitrogens is 1. The van der Waals surface area contributed by atoms with Gasteiger partial charge in [-0.2, -0.15) is 5.10 Å². The van der Waals surface area contributed by atoms with Crippen LogP contribution < -0.4 is 0 Å². The van der Waals surface area contributed by atoms with Crippen LogP contribution in [0.15, 0.2) is 17.5 Å². The first-order valence-corrected chi connectivity index (χ1v) is 10.2. The summed E-state index contributed by atoms with van der Waals surface area (Å²) in [6.07, 6.45) is 3.30. The van der Waals surface area contributed by atoms with Crippen molar-refractivity contribution in [3.05, 3.63) is 39.3 Å². The Hall–Kier alpha value is -1.21. The van der Waals surface area contributed by atoms with Crippen LogP contribution in [-0.4, -0.2) is 57.4 Å². The molecule has 2 aromatic heterocycles. The van der Waals surface area contributed by atoms with Crippen molar-refractivity contribution in [2.75, 3.05) is 26.2 Å². The van der Waals surface area contributed by atoms with Crippen LogP contribution in [0.25, 0.3) is 0 Å². The maximum Gasteiger partial charge on any atom is 0.0711 e. The molecule has 0 radical (unpaired) electrons. The summed E-state index contributed by atoms with van der Waals surface area (Å²) in [6.45, 7) is 8.29. The normalized spacial score (nSPS) is 25.2. The summed E-state index contributed by atoms with van der Waals surface area (Å²) >= 11 is 1.86. The third-order valence-electron chi connectivity index (χ3n) is 5.40. The van der Waals surface area contributed by atoms with Crippen LogP contribution in [0, 0.1) is 12.8 Å². The standard InChI is InChI=1S/C19H28N4OS/c1-14-6-17(21-20-14)8-16-10-23(12-19(16)24)11-18-7-15(13-25-18)9-22-4-2-3-5-22/h6-7,13,16,19,24H,2-5,8-12H2,1H3,(H,20,21)/t16-,19+/m1/s1. The SMILES string of the molecule is Cc1cc(C[C@@H]2CN(Cc3cc(CN4CCCC4)cs3)C[C@@H]2O)n[nH]1. The van der Waals surface area contributed by atoms with Gasteiger partial charge < -0.3 is 5.11 Å². The van der Waals surface area contributed by atoms with Gasteiger partial charge in [0.15, 0.2) is 0 Å². The van der Waals surface area contributed by atoms with Gasteiger partial charge >= 0.3 is 0 Å². The van der Waals surface area contributed by atoms with Crippen LogP contribution >= 0.6 is 11.3 Å². The molecule has 4 rings (SSSR count). The predicted octanol–water partition coefficient (Wildman–Crippen LogP) is 2.41. The third kappa shape index (κ3) is 4.31. The molecule has 2 aromatic rings. The Morgan fingerprint density at radius 3 is 2.80 bits per heavy atom. The van der Waals surface area contributed by atoms with E-state index in [9.17, 15) is 5.11 Å². The number of aromatic amines is 1. The molecule has 25 heavy (non-hydrogen) atoms. The van der Waals surface area contributed by atoms with E-state index < -0.39 is 0 Å². The molecule has 6 heteroatoms. The number of aliphatic hydroxyl groups is 1. The molecule has 2 fully saturated rings. The van der Waals surface area contributed by atoms with Crippen molar-refractivity contribution in [2.45, 2.75) is 45.4 Å². The van der Waals surface area contributed by atoms with Crippen LogP contribution in [0.1, 0.15) is 34.7 Å². The van der Waals surface area contributed by atoms with Crippen LogP contribution in [-0.2, 0) is 19.5 Å². The molecule has 0 amide bonds. The van der Waals surface area contributed by atoms with Crippen LogP contribution in [0.4, 0.5) is 0 Å². The van der Waals surface area contributed by atoms with E-state index in [1.165, 1.54) is 36.4 Å². The predicted molar refractivity (Wildman–Crippen MR) is 101 cm³/mol. The maximum atomic E-state index is 10.4. The Kier molecular flexibility index (Phi) is 5.22. The lowest BCUT2D eigenvalue weighted by molar-refractivity contribution is 0.140. The third-order valence-corrected chi connectivity index (χ3v) is 6.38. The number of aliphatic hydroxyl groups excluding tert-OH is 1. The average Bonchev–Trinajstić information content (AvgIpc) is 3.34. The number of nitrogens with one attached hydrogen (secondary N) is 1. The minimum absolute atomic E-state index is 0.249. The highest BCUT2D eigenvalue weighted by Crippen LogP contribution is 2.25. The van der Waals surface area contributed by atoms with Gasteiger partial charge in [0.05, 0.1) is 11.8 Å².